The molecule has 0 saturated heterocycles. The normalized spacial score (nSPS) is 14.3. The number of nitrogens with two attached hydrogens (primary N) is 1. The van der Waals surface area contributed by atoms with Crippen LogP contribution in [-0.2, 0) is 9.53 Å². The van der Waals surface area contributed by atoms with Crippen LogP contribution >= 0.6 is 0 Å². The first kappa shape index (κ1) is 25.1. The summed E-state index contributed by atoms with van der Waals surface area (Å²) in [7, 11) is 0. The van der Waals surface area contributed by atoms with Crippen LogP contribution < -0.4 is 16.3 Å². The fourth-order valence-corrected chi connectivity index (χ4v) is 4.29. The van der Waals surface area contributed by atoms with Crippen LogP contribution in [0.5, 0.6) is 0 Å². The molecule has 2 heterocycles. The Kier molecular flexibility index (Phi) is 6.93. The van der Waals surface area contributed by atoms with Gasteiger partial charge in [-0.2, -0.15) is 5.26 Å². The van der Waals surface area contributed by atoms with Gasteiger partial charge in [0.15, 0.2) is 0 Å². The zero-order chi connectivity index (χ0) is 27.4. The van der Waals surface area contributed by atoms with Gasteiger partial charge in [0.05, 0.1) is 5.56 Å². The summed E-state index contributed by atoms with van der Waals surface area (Å²) in [5, 5.41) is 10.0. The molecule has 0 unspecified atom stereocenters. The summed E-state index contributed by atoms with van der Waals surface area (Å²) in [5.41, 5.74) is 8.51. The van der Waals surface area contributed by atoms with E-state index in [1.807, 2.05) is 84.9 Å². The molecule has 0 fully saturated rings. The monoisotopic (exact) mass is 513 g/mol. The topological polar surface area (TPSA) is 110 Å². The number of carbonyl (C=O) groups is 1. The lowest BCUT2D eigenvalue weighted by Crippen LogP contribution is -2.15. The van der Waals surface area contributed by atoms with Gasteiger partial charge in [-0.1, -0.05) is 36.4 Å². The van der Waals surface area contributed by atoms with Crippen LogP contribution in [0.15, 0.2) is 135 Å². The number of anilines is 3. The molecule has 3 aromatic carbocycles. The number of nitriles is 1. The van der Waals surface area contributed by atoms with Gasteiger partial charge in [-0.15, -0.1) is 0 Å². The van der Waals surface area contributed by atoms with Crippen LogP contribution in [0.2, 0.25) is 0 Å². The summed E-state index contributed by atoms with van der Waals surface area (Å²) in [6, 6.07) is 29.2. The van der Waals surface area contributed by atoms with Gasteiger partial charge in [-0.25, -0.2) is 4.79 Å². The SMILES string of the molecule is CC1=C/C(=C(\C#N)C(N)=O)C=C(/C=C/c2cc3ccc(N(c4ccccc4)c4ccccc4)cc3oc2=O)O1. The Morgan fingerprint density at radius 1 is 0.897 bits per heavy atom. The third-order valence-corrected chi connectivity index (χ3v) is 6.04. The maximum Gasteiger partial charge on any atom is 0.343 e. The highest BCUT2D eigenvalue weighted by molar-refractivity contribution is 5.98. The van der Waals surface area contributed by atoms with Gasteiger partial charge in [-0.05, 0) is 73.7 Å². The van der Waals surface area contributed by atoms with Gasteiger partial charge < -0.3 is 19.8 Å². The fourth-order valence-electron chi connectivity index (χ4n) is 4.29. The predicted molar refractivity (Wildman–Crippen MR) is 151 cm³/mol. The number of hydrogen-bond donors (Lipinski definition) is 1. The number of rotatable bonds is 6. The zero-order valence-corrected chi connectivity index (χ0v) is 21.0. The minimum atomic E-state index is -0.828. The van der Waals surface area contributed by atoms with Crippen LogP contribution in [-0.4, -0.2) is 5.91 Å². The molecule has 7 heteroatoms. The third-order valence-electron chi connectivity index (χ3n) is 6.04. The van der Waals surface area contributed by atoms with Crippen molar-refractivity contribution in [3.63, 3.8) is 0 Å². The average molecular weight is 514 g/mol. The highest BCUT2D eigenvalue weighted by Crippen LogP contribution is 2.35. The van der Waals surface area contributed by atoms with Crippen molar-refractivity contribution in [3.8, 4) is 6.07 Å². The minimum absolute atomic E-state index is 0.176. The van der Waals surface area contributed by atoms with Crippen molar-refractivity contribution in [1.82, 2.24) is 0 Å². The summed E-state index contributed by atoms with van der Waals surface area (Å²) in [6.07, 6.45) is 6.21. The summed E-state index contributed by atoms with van der Waals surface area (Å²) < 4.78 is 11.4. The second-order valence-electron chi connectivity index (χ2n) is 8.76. The number of amides is 1. The molecule has 0 saturated carbocycles. The molecular weight excluding hydrogens is 490 g/mol. The molecule has 39 heavy (non-hydrogen) atoms. The van der Waals surface area contributed by atoms with Crippen molar-refractivity contribution in [2.75, 3.05) is 4.90 Å². The van der Waals surface area contributed by atoms with Crippen molar-refractivity contribution in [3.05, 3.63) is 142 Å². The lowest BCUT2D eigenvalue weighted by Gasteiger charge is -2.25. The van der Waals surface area contributed by atoms with Crippen molar-refractivity contribution in [2.24, 2.45) is 5.73 Å². The molecule has 0 spiro atoms. The second kappa shape index (κ2) is 10.8. The van der Waals surface area contributed by atoms with Crippen LogP contribution in [0, 0.1) is 11.3 Å². The Hall–Kier alpha value is -5.61. The molecule has 7 nitrogen and oxygen atoms in total. The van der Waals surface area contributed by atoms with E-state index in [1.54, 1.807) is 31.2 Å². The van der Waals surface area contributed by atoms with Gasteiger partial charge in [0, 0.05) is 34.1 Å². The average Bonchev–Trinajstić information content (AvgIpc) is 2.93. The van der Waals surface area contributed by atoms with Crippen LogP contribution in [0.1, 0.15) is 12.5 Å². The van der Waals surface area contributed by atoms with E-state index in [1.165, 1.54) is 6.08 Å². The summed E-state index contributed by atoms with van der Waals surface area (Å²) >= 11 is 0. The molecule has 1 aromatic heterocycles. The van der Waals surface area contributed by atoms with Crippen LogP contribution in [0.4, 0.5) is 17.1 Å². The van der Waals surface area contributed by atoms with Gasteiger partial charge in [0.25, 0.3) is 5.91 Å². The van der Waals surface area contributed by atoms with E-state index >= 15 is 0 Å². The summed E-state index contributed by atoms with van der Waals surface area (Å²) in [5.74, 6) is -0.0125. The Bertz CT molecular complexity index is 1750. The Morgan fingerprint density at radius 2 is 1.56 bits per heavy atom. The van der Waals surface area contributed by atoms with Gasteiger partial charge in [0.2, 0.25) is 0 Å². The highest BCUT2D eigenvalue weighted by Gasteiger charge is 2.16. The molecular formula is C32H23N3O4. The third kappa shape index (κ3) is 5.41. The standard InChI is InChI=1S/C32H23N3O4/c1-21-16-24(29(20-33)31(34)36)18-28(38-21)15-13-23-17-22-12-14-27(19-30(22)39-32(23)37)35(25-8-4-2-5-9-25)26-10-6-3-7-11-26/h2-19H,1H3,(H2,34,36)/b15-13+,29-24-. The van der Waals surface area contributed by atoms with E-state index < -0.39 is 11.5 Å². The lowest BCUT2D eigenvalue weighted by molar-refractivity contribution is -0.114. The molecule has 0 atom stereocenters. The van der Waals surface area contributed by atoms with E-state index in [-0.39, 0.29) is 5.57 Å². The molecule has 1 amide bonds. The number of nitrogens with zero attached hydrogens (tertiary/aromatic N) is 2. The number of fused-ring (bicyclic) bond motifs is 1. The molecule has 2 N–H and O–H groups in total. The molecule has 190 valence electrons. The Morgan fingerprint density at radius 3 is 2.18 bits per heavy atom. The molecule has 1 aliphatic heterocycles. The van der Waals surface area contributed by atoms with Gasteiger partial charge >= 0.3 is 5.63 Å². The summed E-state index contributed by atoms with van der Waals surface area (Å²) in [6.45, 7) is 1.69. The molecule has 4 aromatic rings. The van der Waals surface area contributed by atoms with E-state index in [9.17, 15) is 14.9 Å². The van der Waals surface area contributed by atoms with Gasteiger partial charge in [-0.3, -0.25) is 4.79 Å². The van der Waals surface area contributed by atoms with E-state index in [0.717, 1.165) is 22.4 Å². The molecule has 1 aliphatic rings. The largest absolute Gasteiger partial charge is 0.462 e. The fraction of sp³-hybridized carbons (Fsp3) is 0.0312. The number of hydrogen-bond acceptors (Lipinski definition) is 6. The maximum atomic E-state index is 12.9. The number of carbonyl (C=O) groups excluding carboxylic acids is 1. The Labute approximate surface area is 224 Å². The number of benzene rings is 3. The highest BCUT2D eigenvalue weighted by atomic mass is 16.5. The molecule has 0 radical (unpaired) electrons. The quantitative estimate of drug-likeness (QED) is 0.182. The van der Waals surface area contributed by atoms with E-state index in [0.29, 0.717) is 28.2 Å². The molecule has 5 rings (SSSR count). The van der Waals surface area contributed by atoms with Crippen molar-refractivity contribution in [2.45, 2.75) is 6.92 Å². The summed E-state index contributed by atoms with van der Waals surface area (Å²) in [4.78, 5) is 26.6. The van der Waals surface area contributed by atoms with Gasteiger partial charge in [0.1, 0.15) is 28.7 Å². The molecule has 0 bridgehead atoms. The predicted octanol–water partition coefficient (Wildman–Crippen LogP) is 6.40. The Balaban J connectivity index is 1.50. The first-order valence-electron chi connectivity index (χ1n) is 12.1. The molecule has 0 aliphatic carbocycles. The maximum absolute atomic E-state index is 12.9. The van der Waals surface area contributed by atoms with Crippen LogP contribution in [0.3, 0.4) is 0 Å². The van der Waals surface area contributed by atoms with Crippen LogP contribution in [0.25, 0.3) is 17.0 Å². The smallest absolute Gasteiger partial charge is 0.343 e. The number of para-hydroxylation sites is 2. The first-order chi connectivity index (χ1) is 18.9. The minimum Gasteiger partial charge on any atom is -0.462 e. The van der Waals surface area contributed by atoms with Crippen molar-refractivity contribution >= 4 is 40.0 Å². The second-order valence-corrected chi connectivity index (χ2v) is 8.76. The number of allylic oxidation sites excluding steroid dienone is 5. The first-order valence-corrected chi connectivity index (χ1v) is 12.1. The number of primary amides is 1. The zero-order valence-electron chi connectivity index (χ0n) is 21.0. The van der Waals surface area contributed by atoms with Crippen molar-refractivity contribution in [1.29, 1.82) is 5.26 Å². The van der Waals surface area contributed by atoms with E-state index in [2.05, 4.69) is 4.90 Å². The lowest BCUT2D eigenvalue weighted by atomic mass is 10.0. The van der Waals surface area contributed by atoms with E-state index in [4.69, 9.17) is 14.9 Å². The number of ether oxygens (including phenoxy) is 1. The van der Waals surface area contributed by atoms with Crippen molar-refractivity contribution < 1.29 is 13.9 Å².